The Kier molecular flexibility index (Phi) is 3.48. The first kappa shape index (κ1) is 14.4. The Morgan fingerprint density at radius 2 is 2.10 bits per heavy atom. The summed E-state index contributed by atoms with van der Waals surface area (Å²) in [5.41, 5.74) is 0.406. The number of rotatable bonds is 4. The number of oxazole rings is 1. The lowest BCUT2D eigenvalue weighted by Crippen LogP contribution is -2.07. The van der Waals surface area contributed by atoms with Crippen molar-refractivity contribution in [3.63, 3.8) is 0 Å². The summed E-state index contributed by atoms with van der Waals surface area (Å²) in [6.45, 7) is 3.05. The lowest BCUT2D eigenvalue weighted by atomic mass is 10.1. The maximum Gasteiger partial charge on any atom is 0.314 e. The van der Waals surface area contributed by atoms with E-state index in [1.54, 1.807) is 6.92 Å². The van der Waals surface area contributed by atoms with Crippen molar-refractivity contribution in [2.75, 3.05) is 6.26 Å². The first-order chi connectivity index (χ1) is 9.17. The molecule has 1 aromatic heterocycles. The van der Waals surface area contributed by atoms with Crippen LogP contribution < -0.4 is 0 Å². The number of nitrogens with zero attached hydrogens (tertiary/aromatic N) is 2. The molecule has 2 aromatic rings. The zero-order valence-corrected chi connectivity index (χ0v) is 11.8. The molecule has 20 heavy (non-hydrogen) atoms. The van der Waals surface area contributed by atoms with Crippen LogP contribution in [0.25, 0.3) is 11.1 Å². The fourth-order valence-electron chi connectivity index (χ4n) is 1.84. The molecule has 0 spiro atoms. The Morgan fingerprint density at radius 1 is 1.45 bits per heavy atom. The van der Waals surface area contributed by atoms with Crippen LogP contribution in [0.3, 0.4) is 0 Å². The highest BCUT2D eigenvalue weighted by molar-refractivity contribution is 7.86. The predicted molar refractivity (Wildman–Crippen MR) is 69.7 cm³/mol. The average molecular weight is 300 g/mol. The van der Waals surface area contributed by atoms with Crippen LogP contribution in [0.2, 0.25) is 0 Å². The maximum atomic E-state index is 11.1. The third-order valence-electron chi connectivity index (χ3n) is 2.58. The quantitative estimate of drug-likeness (QED) is 0.482. The molecule has 9 heteroatoms. The third kappa shape index (κ3) is 2.94. The number of nitro groups is 1. The molecule has 0 N–H and O–H groups in total. The van der Waals surface area contributed by atoms with Gasteiger partial charge in [-0.2, -0.15) is 8.42 Å². The van der Waals surface area contributed by atoms with Crippen LogP contribution in [-0.2, 0) is 14.3 Å². The highest BCUT2D eigenvalue weighted by Gasteiger charge is 2.22. The van der Waals surface area contributed by atoms with Gasteiger partial charge >= 0.3 is 5.69 Å². The standard InChI is InChI=1S/C11H12N2O6S/c1-6(19-20(3,16)17)8-4-9-11(18-7(2)12-9)10(5-8)13(14)15/h4-6H,1-3H3. The molecule has 0 bridgehead atoms. The molecule has 0 saturated heterocycles. The Balaban J connectivity index is 2.57. The van der Waals surface area contributed by atoms with Gasteiger partial charge in [0, 0.05) is 13.0 Å². The van der Waals surface area contributed by atoms with Crippen LogP contribution in [-0.4, -0.2) is 24.6 Å². The van der Waals surface area contributed by atoms with E-state index in [0.717, 1.165) is 6.26 Å². The predicted octanol–water partition coefficient (Wildman–Crippen LogP) is 2.08. The molecule has 0 fully saturated rings. The van der Waals surface area contributed by atoms with Gasteiger partial charge in [0.15, 0.2) is 5.89 Å². The van der Waals surface area contributed by atoms with Gasteiger partial charge < -0.3 is 4.42 Å². The van der Waals surface area contributed by atoms with E-state index in [9.17, 15) is 18.5 Å². The summed E-state index contributed by atoms with van der Waals surface area (Å²) in [6.07, 6.45) is 0.0570. The van der Waals surface area contributed by atoms with E-state index in [-0.39, 0.29) is 22.7 Å². The lowest BCUT2D eigenvalue weighted by Gasteiger charge is -2.10. The summed E-state index contributed by atoms with van der Waals surface area (Å²) in [6, 6.07) is 2.73. The summed E-state index contributed by atoms with van der Waals surface area (Å²) in [5.74, 6) is 0.289. The largest absolute Gasteiger partial charge is 0.434 e. The molecular formula is C11H12N2O6S. The Hall–Kier alpha value is -2.00. The lowest BCUT2D eigenvalue weighted by molar-refractivity contribution is -0.383. The summed E-state index contributed by atoms with van der Waals surface area (Å²) in [5, 5.41) is 11.0. The van der Waals surface area contributed by atoms with Gasteiger partial charge in [0.2, 0.25) is 5.58 Å². The average Bonchev–Trinajstić information content (AvgIpc) is 2.64. The van der Waals surface area contributed by atoms with Gasteiger partial charge in [-0.25, -0.2) is 4.98 Å². The van der Waals surface area contributed by atoms with E-state index >= 15 is 0 Å². The molecule has 1 unspecified atom stereocenters. The molecule has 0 aliphatic carbocycles. The van der Waals surface area contributed by atoms with E-state index in [1.165, 1.54) is 19.1 Å². The van der Waals surface area contributed by atoms with Crippen LogP contribution in [0.4, 0.5) is 5.69 Å². The van der Waals surface area contributed by atoms with Gasteiger partial charge in [0.1, 0.15) is 5.52 Å². The normalized spacial score (nSPS) is 13.6. The van der Waals surface area contributed by atoms with E-state index < -0.39 is 21.1 Å². The van der Waals surface area contributed by atoms with Gasteiger partial charge in [-0.05, 0) is 18.6 Å². The van der Waals surface area contributed by atoms with Crippen molar-refractivity contribution in [2.24, 2.45) is 0 Å². The first-order valence-corrected chi connectivity index (χ1v) is 7.43. The molecule has 0 aliphatic rings. The van der Waals surface area contributed by atoms with Gasteiger partial charge in [-0.15, -0.1) is 0 Å². The van der Waals surface area contributed by atoms with Crippen molar-refractivity contribution >= 4 is 26.9 Å². The summed E-state index contributed by atoms with van der Waals surface area (Å²) in [7, 11) is -3.67. The number of aryl methyl sites for hydroxylation is 1. The highest BCUT2D eigenvalue weighted by Crippen LogP contribution is 2.31. The van der Waals surface area contributed by atoms with Gasteiger partial charge in [0.25, 0.3) is 10.1 Å². The molecular weight excluding hydrogens is 288 g/mol. The molecule has 108 valence electrons. The van der Waals surface area contributed by atoms with Crippen molar-refractivity contribution in [1.29, 1.82) is 0 Å². The maximum absolute atomic E-state index is 11.1. The second-order valence-corrected chi connectivity index (χ2v) is 5.92. The second kappa shape index (κ2) is 4.84. The first-order valence-electron chi connectivity index (χ1n) is 5.61. The summed E-state index contributed by atoms with van der Waals surface area (Å²) < 4.78 is 32.2. The Morgan fingerprint density at radius 3 is 2.65 bits per heavy atom. The monoisotopic (exact) mass is 300 g/mol. The Bertz CT molecular complexity index is 780. The van der Waals surface area contributed by atoms with Crippen molar-refractivity contribution in [1.82, 2.24) is 4.98 Å². The van der Waals surface area contributed by atoms with Crippen molar-refractivity contribution < 1.29 is 21.9 Å². The van der Waals surface area contributed by atoms with Crippen molar-refractivity contribution in [3.8, 4) is 0 Å². The van der Waals surface area contributed by atoms with Gasteiger partial charge in [-0.3, -0.25) is 14.3 Å². The minimum Gasteiger partial charge on any atom is -0.434 e. The molecule has 1 atom stereocenters. The Labute approximate surface area is 114 Å². The molecule has 0 radical (unpaired) electrons. The van der Waals surface area contributed by atoms with Gasteiger partial charge in [-0.1, -0.05) is 0 Å². The molecule has 1 heterocycles. The minimum atomic E-state index is -3.67. The number of non-ortho nitro benzene ring substituents is 1. The molecule has 8 nitrogen and oxygen atoms in total. The van der Waals surface area contributed by atoms with Crippen LogP contribution in [0, 0.1) is 17.0 Å². The smallest absolute Gasteiger partial charge is 0.314 e. The zero-order valence-electron chi connectivity index (χ0n) is 11.0. The van der Waals surface area contributed by atoms with Crippen LogP contribution in [0.15, 0.2) is 16.5 Å². The fourth-order valence-corrected chi connectivity index (χ4v) is 2.47. The van der Waals surface area contributed by atoms with E-state index in [1.807, 2.05) is 0 Å². The van der Waals surface area contributed by atoms with E-state index in [4.69, 9.17) is 8.60 Å². The van der Waals surface area contributed by atoms with E-state index in [0.29, 0.717) is 5.56 Å². The SMILES string of the molecule is Cc1nc2cc(C(C)OS(C)(=O)=O)cc([N+](=O)[O-])c2o1. The number of hydrogen-bond acceptors (Lipinski definition) is 7. The summed E-state index contributed by atoms with van der Waals surface area (Å²) >= 11 is 0. The highest BCUT2D eigenvalue weighted by atomic mass is 32.2. The number of nitro benzene ring substituents is 1. The fraction of sp³-hybridized carbons (Fsp3) is 0.364. The number of hydrogen-bond donors (Lipinski definition) is 0. The minimum absolute atomic E-state index is 0.0582. The summed E-state index contributed by atoms with van der Waals surface area (Å²) in [4.78, 5) is 14.5. The molecule has 1 aromatic carbocycles. The molecule has 0 amide bonds. The number of fused-ring (bicyclic) bond motifs is 1. The van der Waals surface area contributed by atoms with Crippen LogP contribution >= 0.6 is 0 Å². The van der Waals surface area contributed by atoms with E-state index in [2.05, 4.69) is 4.98 Å². The third-order valence-corrected chi connectivity index (χ3v) is 3.22. The van der Waals surface area contributed by atoms with Crippen molar-refractivity contribution in [3.05, 3.63) is 33.7 Å². The van der Waals surface area contributed by atoms with Crippen LogP contribution in [0.1, 0.15) is 24.5 Å². The van der Waals surface area contributed by atoms with Crippen molar-refractivity contribution in [2.45, 2.75) is 20.0 Å². The topological polar surface area (TPSA) is 113 Å². The number of benzene rings is 1. The molecule has 0 saturated carbocycles. The molecule has 2 rings (SSSR count). The zero-order chi connectivity index (χ0) is 15.1. The number of aromatic nitrogens is 1. The molecule has 0 aliphatic heterocycles. The van der Waals surface area contributed by atoms with Gasteiger partial charge in [0.05, 0.1) is 17.3 Å². The van der Waals surface area contributed by atoms with Crippen LogP contribution in [0.5, 0.6) is 0 Å². The second-order valence-electron chi connectivity index (χ2n) is 4.32.